The molecule has 0 spiro atoms. The standard InChI is InChI=1S/C35H27ClN2O4/c1-19-15-17-21(18-16-19)32(39)20(2)37(33(40)26-13-7-8-14-27(26)36)38-34(41)30-28-22-9-3-4-10-23(22)29(31(30)35(38)42)25-12-6-5-11-24(25)28/h3-18,20,28-31H,1-2H3/t20-,28?,29?,30-,31+/m1/s1. The number of hydrazine groups is 1. The number of amides is 3. The number of hydrogen-bond acceptors (Lipinski definition) is 4. The van der Waals surface area contributed by atoms with Crippen LogP contribution in [0.5, 0.6) is 0 Å². The summed E-state index contributed by atoms with van der Waals surface area (Å²) in [7, 11) is 0. The zero-order valence-corrected chi connectivity index (χ0v) is 23.8. The van der Waals surface area contributed by atoms with Crippen LogP contribution in [0, 0.1) is 18.8 Å². The molecule has 1 saturated heterocycles. The first-order chi connectivity index (χ1) is 20.3. The minimum Gasteiger partial charge on any atom is -0.292 e. The maximum absolute atomic E-state index is 14.5. The quantitative estimate of drug-likeness (QED) is 0.211. The molecule has 3 amide bonds. The zero-order chi connectivity index (χ0) is 29.3. The number of halogens is 1. The van der Waals surface area contributed by atoms with E-state index in [2.05, 4.69) is 0 Å². The Morgan fingerprint density at radius 3 is 1.64 bits per heavy atom. The number of aryl methyl sites for hydroxylation is 1. The van der Waals surface area contributed by atoms with Crippen LogP contribution in [-0.4, -0.2) is 39.6 Å². The van der Waals surface area contributed by atoms with Crippen molar-refractivity contribution in [1.29, 1.82) is 0 Å². The lowest BCUT2D eigenvalue weighted by molar-refractivity contribution is -0.156. The Morgan fingerprint density at radius 1 is 0.714 bits per heavy atom. The maximum Gasteiger partial charge on any atom is 0.275 e. The smallest absolute Gasteiger partial charge is 0.275 e. The Balaban J connectivity index is 1.36. The Morgan fingerprint density at radius 2 is 1.17 bits per heavy atom. The van der Waals surface area contributed by atoms with Crippen LogP contribution in [0.1, 0.15) is 67.3 Å². The van der Waals surface area contributed by atoms with Crippen LogP contribution in [-0.2, 0) is 9.59 Å². The number of carbonyl (C=O) groups excluding carboxylic acids is 4. The summed E-state index contributed by atoms with van der Waals surface area (Å²) < 4.78 is 0. The van der Waals surface area contributed by atoms with Crippen molar-refractivity contribution in [3.8, 4) is 0 Å². The molecular formula is C35H27ClN2O4. The molecule has 4 aromatic carbocycles. The van der Waals surface area contributed by atoms with Crippen molar-refractivity contribution in [3.05, 3.63) is 141 Å². The molecule has 0 unspecified atom stereocenters. The fraction of sp³-hybridized carbons (Fsp3) is 0.200. The summed E-state index contributed by atoms with van der Waals surface area (Å²) in [4.78, 5) is 57.1. The van der Waals surface area contributed by atoms with Crippen molar-refractivity contribution >= 4 is 35.1 Å². The van der Waals surface area contributed by atoms with E-state index in [-0.39, 0.29) is 28.2 Å². The van der Waals surface area contributed by atoms with Gasteiger partial charge in [-0.05, 0) is 48.2 Å². The van der Waals surface area contributed by atoms with Crippen LogP contribution >= 0.6 is 11.6 Å². The van der Waals surface area contributed by atoms with Crippen LogP contribution in [0.3, 0.4) is 0 Å². The molecule has 1 aliphatic heterocycles. The van der Waals surface area contributed by atoms with Gasteiger partial charge in [-0.15, -0.1) is 0 Å². The van der Waals surface area contributed by atoms with Gasteiger partial charge in [-0.2, -0.15) is 5.01 Å². The van der Waals surface area contributed by atoms with Crippen molar-refractivity contribution in [3.63, 3.8) is 0 Å². The molecule has 0 aromatic heterocycles. The molecule has 208 valence electrons. The maximum atomic E-state index is 14.5. The first kappa shape index (κ1) is 26.4. The Bertz CT molecular complexity index is 1680. The van der Waals surface area contributed by atoms with Gasteiger partial charge < -0.3 is 0 Å². The molecule has 8 rings (SSSR count). The van der Waals surface area contributed by atoms with Crippen molar-refractivity contribution in [1.82, 2.24) is 10.0 Å². The molecule has 4 aromatic rings. The van der Waals surface area contributed by atoms with E-state index >= 15 is 0 Å². The highest BCUT2D eigenvalue weighted by molar-refractivity contribution is 6.34. The molecule has 4 aliphatic rings. The molecule has 0 saturated carbocycles. The number of ketones is 1. The van der Waals surface area contributed by atoms with E-state index in [0.29, 0.717) is 5.56 Å². The molecule has 3 aliphatic carbocycles. The molecule has 6 nitrogen and oxygen atoms in total. The Kier molecular flexibility index (Phi) is 6.13. The van der Waals surface area contributed by atoms with E-state index in [1.807, 2.05) is 67.6 Å². The van der Waals surface area contributed by atoms with Crippen molar-refractivity contribution < 1.29 is 19.2 Å². The van der Waals surface area contributed by atoms with Gasteiger partial charge >= 0.3 is 0 Å². The Hall–Kier alpha value is -4.55. The fourth-order valence-corrected chi connectivity index (χ4v) is 7.36. The average Bonchev–Trinajstić information content (AvgIpc) is 3.27. The number of hydrogen-bond donors (Lipinski definition) is 0. The third-order valence-electron chi connectivity index (χ3n) is 9.04. The van der Waals surface area contributed by atoms with E-state index in [1.165, 1.54) is 6.07 Å². The third-order valence-corrected chi connectivity index (χ3v) is 9.36. The highest BCUT2D eigenvalue weighted by atomic mass is 35.5. The lowest BCUT2D eigenvalue weighted by Gasteiger charge is -2.45. The summed E-state index contributed by atoms with van der Waals surface area (Å²) in [6.45, 7) is 3.47. The van der Waals surface area contributed by atoms with Gasteiger partial charge in [0.1, 0.15) is 6.04 Å². The highest BCUT2D eigenvalue weighted by Gasteiger charge is 2.63. The minimum atomic E-state index is -1.16. The number of carbonyl (C=O) groups is 4. The second kappa shape index (κ2) is 9.78. The second-order valence-electron chi connectivity index (χ2n) is 11.3. The summed E-state index contributed by atoms with van der Waals surface area (Å²) in [5.74, 6) is -4.10. The van der Waals surface area contributed by atoms with Crippen LogP contribution < -0.4 is 0 Å². The first-order valence-corrected chi connectivity index (χ1v) is 14.4. The largest absolute Gasteiger partial charge is 0.292 e. The summed E-state index contributed by atoms with van der Waals surface area (Å²) in [5.41, 5.74) is 5.56. The van der Waals surface area contributed by atoms with E-state index in [9.17, 15) is 19.2 Å². The van der Waals surface area contributed by atoms with Crippen LogP contribution in [0.15, 0.2) is 97.1 Å². The number of imide groups is 1. The predicted octanol–water partition coefficient (Wildman–Crippen LogP) is 6.17. The summed E-state index contributed by atoms with van der Waals surface area (Å²) in [6, 6.07) is 28.2. The van der Waals surface area contributed by atoms with Crippen LogP contribution in [0.4, 0.5) is 0 Å². The predicted molar refractivity (Wildman–Crippen MR) is 158 cm³/mol. The molecule has 3 atom stereocenters. The van der Waals surface area contributed by atoms with Gasteiger partial charge in [0.05, 0.1) is 22.4 Å². The molecule has 1 heterocycles. The molecule has 1 fully saturated rings. The van der Waals surface area contributed by atoms with Crippen LogP contribution in [0.2, 0.25) is 5.02 Å². The Labute approximate surface area is 248 Å². The van der Waals surface area contributed by atoms with Gasteiger partial charge in [0.15, 0.2) is 5.78 Å². The van der Waals surface area contributed by atoms with Crippen molar-refractivity contribution in [2.45, 2.75) is 31.7 Å². The van der Waals surface area contributed by atoms with Crippen molar-refractivity contribution in [2.75, 3.05) is 0 Å². The molecule has 42 heavy (non-hydrogen) atoms. The molecule has 0 radical (unpaired) electrons. The van der Waals surface area contributed by atoms with Gasteiger partial charge in [0.2, 0.25) is 0 Å². The number of Topliss-reactive ketones (excluding diaryl/α,β-unsaturated/α-hetero) is 1. The summed E-state index contributed by atoms with van der Waals surface area (Å²) in [6.07, 6.45) is 0. The summed E-state index contributed by atoms with van der Waals surface area (Å²) >= 11 is 6.44. The molecule has 2 bridgehead atoms. The average molecular weight is 575 g/mol. The van der Waals surface area contributed by atoms with Gasteiger partial charge in [0.25, 0.3) is 17.7 Å². The second-order valence-corrected chi connectivity index (χ2v) is 11.7. The van der Waals surface area contributed by atoms with E-state index < -0.39 is 35.6 Å². The lowest BCUT2D eigenvalue weighted by Crippen LogP contribution is -2.56. The number of nitrogens with zero attached hydrogens (tertiary/aromatic N) is 2. The third kappa shape index (κ3) is 3.71. The van der Waals surface area contributed by atoms with E-state index in [4.69, 9.17) is 11.6 Å². The topological polar surface area (TPSA) is 74.8 Å². The molecular weight excluding hydrogens is 548 g/mol. The molecule has 7 heteroatoms. The van der Waals surface area contributed by atoms with E-state index in [0.717, 1.165) is 37.8 Å². The first-order valence-electron chi connectivity index (χ1n) is 14.0. The van der Waals surface area contributed by atoms with Crippen LogP contribution in [0.25, 0.3) is 0 Å². The van der Waals surface area contributed by atoms with Gasteiger partial charge in [-0.25, -0.2) is 5.01 Å². The number of benzene rings is 4. The van der Waals surface area contributed by atoms with E-state index in [1.54, 1.807) is 37.3 Å². The van der Waals surface area contributed by atoms with Gasteiger partial charge in [-0.3, -0.25) is 19.2 Å². The molecule has 0 N–H and O–H groups in total. The lowest BCUT2D eigenvalue weighted by atomic mass is 9.55. The fourth-order valence-electron chi connectivity index (χ4n) is 7.14. The minimum absolute atomic E-state index is 0.104. The van der Waals surface area contributed by atoms with Gasteiger partial charge in [0, 0.05) is 17.4 Å². The monoisotopic (exact) mass is 574 g/mol. The zero-order valence-electron chi connectivity index (χ0n) is 23.0. The highest BCUT2D eigenvalue weighted by Crippen LogP contribution is 2.61. The SMILES string of the molecule is Cc1ccc(C(=O)[C@@H](C)N(C(=O)c2ccccc2Cl)N2C(=O)[C@@H]3C4c5ccccc5C(c5ccccc54)[C@@H]3C2=O)cc1. The van der Waals surface area contributed by atoms with Gasteiger partial charge in [-0.1, -0.05) is 102 Å². The number of rotatable bonds is 5. The van der Waals surface area contributed by atoms with Crippen molar-refractivity contribution in [2.24, 2.45) is 11.8 Å². The summed E-state index contributed by atoms with van der Waals surface area (Å²) in [5, 5.41) is 2.16. The normalized spacial score (nSPS) is 22.3.